The van der Waals surface area contributed by atoms with Crippen LogP contribution < -0.4 is 11.1 Å². The first-order valence-corrected chi connectivity index (χ1v) is 5.52. The van der Waals surface area contributed by atoms with Gasteiger partial charge in [0.25, 0.3) is 0 Å². The van der Waals surface area contributed by atoms with Crippen molar-refractivity contribution in [3.05, 3.63) is 12.7 Å². The first-order chi connectivity index (χ1) is 7.81. The van der Waals surface area contributed by atoms with Crippen molar-refractivity contribution >= 4 is 5.96 Å². The van der Waals surface area contributed by atoms with Gasteiger partial charge in [0.2, 0.25) is 0 Å². The minimum absolute atomic E-state index is 0.472. The number of hydrogen-bond donors (Lipinski definition) is 2. The van der Waals surface area contributed by atoms with Crippen LogP contribution in [0.1, 0.15) is 12.8 Å². The van der Waals surface area contributed by atoms with E-state index in [9.17, 15) is 0 Å². The molecule has 0 rings (SSSR count). The van der Waals surface area contributed by atoms with Gasteiger partial charge >= 0.3 is 0 Å². The fourth-order valence-electron chi connectivity index (χ4n) is 0.992. The summed E-state index contributed by atoms with van der Waals surface area (Å²) >= 11 is 0. The zero-order valence-corrected chi connectivity index (χ0v) is 10.1. The molecule has 0 aromatic carbocycles. The van der Waals surface area contributed by atoms with E-state index in [0.717, 1.165) is 26.0 Å². The van der Waals surface area contributed by atoms with Crippen LogP contribution >= 0.6 is 0 Å². The number of aliphatic imine (C=N–C) groups is 1. The lowest BCUT2D eigenvalue weighted by Gasteiger charge is -2.03. The number of unbranched alkanes of at least 4 members (excludes halogenated alkanes) is 1. The molecule has 0 fully saturated rings. The quantitative estimate of drug-likeness (QED) is 0.248. The van der Waals surface area contributed by atoms with Gasteiger partial charge in [-0.1, -0.05) is 6.08 Å². The lowest BCUT2D eigenvalue weighted by molar-refractivity contribution is 0.0690. The molecular formula is C11H23N3O2. The van der Waals surface area contributed by atoms with Crippen LogP contribution in [0.3, 0.4) is 0 Å². The van der Waals surface area contributed by atoms with Crippen molar-refractivity contribution in [2.24, 2.45) is 10.7 Å². The Morgan fingerprint density at radius 3 is 2.88 bits per heavy atom. The Labute approximate surface area is 97.7 Å². The molecule has 0 amide bonds. The number of nitrogens with two attached hydrogens (primary N) is 1. The average molecular weight is 229 g/mol. The molecule has 0 aliphatic carbocycles. The molecule has 0 radical (unpaired) electrons. The predicted molar refractivity (Wildman–Crippen MR) is 66.6 cm³/mol. The largest absolute Gasteiger partial charge is 0.382 e. The topological polar surface area (TPSA) is 68.9 Å². The van der Waals surface area contributed by atoms with Gasteiger partial charge in [-0.15, -0.1) is 6.58 Å². The number of nitrogens with one attached hydrogen (secondary N) is 1. The summed E-state index contributed by atoms with van der Waals surface area (Å²) in [6, 6.07) is 0. The SMILES string of the molecule is C=CCNC(N)=NCCCCOCCOC. The third-order valence-corrected chi connectivity index (χ3v) is 1.84. The van der Waals surface area contributed by atoms with Crippen molar-refractivity contribution in [1.29, 1.82) is 0 Å². The Hall–Kier alpha value is -1.07. The molecule has 0 bridgehead atoms. The third kappa shape index (κ3) is 11.0. The molecule has 0 heterocycles. The number of rotatable bonds is 10. The molecule has 0 saturated carbocycles. The van der Waals surface area contributed by atoms with Crippen molar-refractivity contribution in [2.75, 3.05) is 40.0 Å². The second kappa shape index (κ2) is 12.0. The van der Waals surface area contributed by atoms with Gasteiger partial charge < -0.3 is 20.5 Å². The number of ether oxygens (including phenoxy) is 2. The Morgan fingerprint density at radius 1 is 1.38 bits per heavy atom. The highest BCUT2D eigenvalue weighted by molar-refractivity contribution is 5.77. The van der Waals surface area contributed by atoms with Gasteiger partial charge in [-0.3, -0.25) is 4.99 Å². The van der Waals surface area contributed by atoms with E-state index >= 15 is 0 Å². The van der Waals surface area contributed by atoms with Crippen molar-refractivity contribution in [2.45, 2.75) is 12.8 Å². The number of guanidine groups is 1. The summed E-state index contributed by atoms with van der Waals surface area (Å²) in [5, 5.41) is 2.91. The zero-order valence-electron chi connectivity index (χ0n) is 10.1. The smallest absolute Gasteiger partial charge is 0.188 e. The first-order valence-electron chi connectivity index (χ1n) is 5.52. The highest BCUT2D eigenvalue weighted by atomic mass is 16.5. The minimum atomic E-state index is 0.472. The highest BCUT2D eigenvalue weighted by Crippen LogP contribution is 1.90. The lowest BCUT2D eigenvalue weighted by Crippen LogP contribution is -2.31. The van der Waals surface area contributed by atoms with Gasteiger partial charge in [-0.05, 0) is 12.8 Å². The van der Waals surface area contributed by atoms with E-state index in [0.29, 0.717) is 25.7 Å². The summed E-state index contributed by atoms with van der Waals surface area (Å²) in [5.41, 5.74) is 5.58. The molecule has 0 aromatic rings. The summed E-state index contributed by atoms with van der Waals surface area (Å²) in [6.45, 7) is 7.01. The van der Waals surface area contributed by atoms with Gasteiger partial charge in [0.05, 0.1) is 13.2 Å². The van der Waals surface area contributed by atoms with Crippen LogP contribution in [0, 0.1) is 0 Å². The van der Waals surface area contributed by atoms with Crippen LogP contribution in [-0.2, 0) is 9.47 Å². The molecule has 5 heteroatoms. The van der Waals surface area contributed by atoms with Crippen molar-refractivity contribution in [3.63, 3.8) is 0 Å². The van der Waals surface area contributed by atoms with Gasteiger partial charge in [0.15, 0.2) is 5.96 Å². The van der Waals surface area contributed by atoms with E-state index < -0.39 is 0 Å². The van der Waals surface area contributed by atoms with Crippen molar-refractivity contribution < 1.29 is 9.47 Å². The molecular weight excluding hydrogens is 206 g/mol. The van der Waals surface area contributed by atoms with Crippen LogP contribution in [0.25, 0.3) is 0 Å². The van der Waals surface area contributed by atoms with E-state index in [-0.39, 0.29) is 0 Å². The molecule has 5 nitrogen and oxygen atoms in total. The fraction of sp³-hybridized carbons (Fsp3) is 0.727. The van der Waals surface area contributed by atoms with Crippen LogP contribution in [0.2, 0.25) is 0 Å². The Morgan fingerprint density at radius 2 is 2.19 bits per heavy atom. The van der Waals surface area contributed by atoms with Gasteiger partial charge in [0, 0.05) is 26.8 Å². The van der Waals surface area contributed by atoms with Crippen LogP contribution in [0.5, 0.6) is 0 Å². The van der Waals surface area contributed by atoms with E-state index in [2.05, 4.69) is 16.9 Å². The number of nitrogens with zero attached hydrogens (tertiary/aromatic N) is 1. The second-order valence-electron chi connectivity index (χ2n) is 3.25. The molecule has 94 valence electrons. The van der Waals surface area contributed by atoms with Gasteiger partial charge in [-0.25, -0.2) is 0 Å². The van der Waals surface area contributed by atoms with E-state index in [1.54, 1.807) is 13.2 Å². The molecule has 0 saturated heterocycles. The summed E-state index contributed by atoms with van der Waals surface area (Å²) in [7, 11) is 1.66. The third-order valence-electron chi connectivity index (χ3n) is 1.84. The minimum Gasteiger partial charge on any atom is -0.382 e. The molecule has 0 aliphatic rings. The van der Waals surface area contributed by atoms with Crippen LogP contribution in [-0.4, -0.2) is 46.0 Å². The molecule has 16 heavy (non-hydrogen) atoms. The summed E-state index contributed by atoms with van der Waals surface area (Å²) in [5.74, 6) is 0.472. The van der Waals surface area contributed by atoms with Crippen molar-refractivity contribution in [3.8, 4) is 0 Å². The normalized spacial score (nSPS) is 11.4. The standard InChI is InChI=1S/C11H23N3O2/c1-3-6-13-11(12)14-7-4-5-8-16-10-9-15-2/h3H,1,4-10H2,2H3,(H3,12,13,14). The molecule has 0 atom stereocenters. The van der Waals surface area contributed by atoms with E-state index in [4.69, 9.17) is 15.2 Å². The van der Waals surface area contributed by atoms with Crippen LogP contribution in [0.4, 0.5) is 0 Å². The van der Waals surface area contributed by atoms with E-state index in [1.165, 1.54) is 0 Å². The summed E-state index contributed by atoms with van der Waals surface area (Å²) in [4.78, 5) is 4.15. The average Bonchev–Trinajstić information content (AvgIpc) is 2.30. The predicted octanol–water partition coefficient (Wildman–Crippen LogP) is 0.520. The Kier molecular flexibility index (Phi) is 11.2. The number of methoxy groups -OCH3 is 1. The molecule has 0 aliphatic heterocycles. The van der Waals surface area contributed by atoms with Gasteiger partial charge in [-0.2, -0.15) is 0 Å². The summed E-state index contributed by atoms with van der Waals surface area (Å²) < 4.78 is 10.2. The Bertz CT molecular complexity index is 196. The highest BCUT2D eigenvalue weighted by Gasteiger charge is 1.91. The molecule has 0 spiro atoms. The molecule has 0 aromatic heterocycles. The molecule has 3 N–H and O–H groups in total. The maximum absolute atomic E-state index is 5.58. The zero-order chi connectivity index (χ0) is 12.1. The van der Waals surface area contributed by atoms with E-state index in [1.807, 2.05) is 0 Å². The maximum Gasteiger partial charge on any atom is 0.188 e. The molecule has 0 unspecified atom stereocenters. The number of hydrogen-bond acceptors (Lipinski definition) is 3. The second-order valence-corrected chi connectivity index (χ2v) is 3.25. The van der Waals surface area contributed by atoms with Crippen LogP contribution in [0.15, 0.2) is 17.6 Å². The fourth-order valence-corrected chi connectivity index (χ4v) is 0.992. The first kappa shape index (κ1) is 14.9. The van der Waals surface area contributed by atoms with Gasteiger partial charge in [0.1, 0.15) is 0 Å². The maximum atomic E-state index is 5.58. The monoisotopic (exact) mass is 229 g/mol. The Balaban J connectivity index is 3.21. The summed E-state index contributed by atoms with van der Waals surface area (Å²) in [6.07, 6.45) is 3.71. The van der Waals surface area contributed by atoms with Crippen molar-refractivity contribution in [1.82, 2.24) is 5.32 Å². The lowest BCUT2D eigenvalue weighted by atomic mass is 10.3.